The Balaban J connectivity index is 0.850. The normalized spacial score (nSPS) is 20.2. The summed E-state index contributed by atoms with van der Waals surface area (Å²) in [7, 11) is 1.87. The number of rotatable bonds is 8. The lowest BCUT2D eigenvalue weighted by molar-refractivity contribution is -0.134. The molecule has 0 bridgehead atoms. The maximum absolute atomic E-state index is 15.3. The van der Waals surface area contributed by atoms with Crippen molar-refractivity contribution in [1.82, 2.24) is 34.9 Å². The lowest BCUT2D eigenvalue weighted by Crippen LogP contribution is -2.53. The number of amides is 2. The lowest BCUT2D eigenvalue weighted by Gasteiger charge is -2.43. The first kappa shape index (κ1) is 35.9. The second-order valence-electron chi connectivity index (χ2n) is 14.7. The van der Waals surface area contributed by atoms with E-state index < -0.39 is 23.5 Å². The molecule has 54 heavy (non-hydrogen) atoms. The summed E-state index contributed by atoms with van der Waals surface area (Å²) in [6, 6.07) is 10.7. The monoisotopic (exact) mass is 757 g/mol. The van der Waals surface area contributed by atoms with Gasteiger partial charge in [-0.15, -0.1) is 0 Å². The molecule has 3 aliphatic heterocycles. The number of benzene rings is 2. The average Bonchev–Trinajstić information content (AvgIpc) is 3.73. The van der Waals surface area contributed by atoms with Crippen LogP contribution in [0.2, 0.25) is 5.02 Å². The predicted molar refractivity (Wildman–Crippen MR) is 202 cm³/mol. The van der Waals surface area contributed by atoms with Gasteiger partial charge in [0.2, 0.25) is 11.8 Å². The van der Waals surface area contributed by atoms with Crippen LogP contribution in [0.25, 0.3) is 22.6 Å². The molecule has 3 aromatic heterocycles. The highest BCUT2D eigenvalue weighted by atomic mass is 35.5. The topological polar surface area (TPSA) is 125 Å². The van der Waals surface area contributed by atoms with E-state index in [2.05, 4.69) is 54.2 Å². The van der Waals surface area contributed by atoms with Gasteiger partial charge >= 0.3 is 0 Å². The largest absolute Gasteiger partial charge is 0.453 e. The zero-order valence-corrected chi connectivity index (χ0v) is 31.2. The molecule has 0 saturated carbocycles. The molecular weight excluding hydrogens is 716 g/mol. The first-order valence-electron chi connectivity index (χ1n) is 18.4. The van der Waals surface area contributed by atoms with Gasteiger partial charge in [0.15, 0.2) is 11.4 Å². The maximum Gasteiger partial charge on any atom is 0.234 e. The Hall–Kier alpha value is -5.08. The molecule has 3 saturated heterocycles. The number of halogens is 3. The number of imidazole rings is 1. The van der Waals surface area contributed by atoms with Crippen molar-refractivity contribution in [3.05, 3.63) is 76.7 Å². The maximum atomic E-state index is 15.3. The SMILES string of the molecule is Cc1nn(C)cc1-c1nc2ncc(Cl)c(Oc3ccc(N4CCN(CC5CCN(c6cc(F)c([C@H]7CCC(=O)NC7=O)cc6F)CC5)C[C@H]4C)cc3)c2[nH]1. The molecule has 15 heteroatoms. The molecule has 2 amide bonds. The number of piperazine rings is 1. The molecule has 0 spiro atoms. The fourth-order valence-corrected chi connectivity index (χ4v) is 8.33. The quantitative estimate of drug-likeness (QED) is 0.175. The molecule has 0 aliphatic carbocycles. The molecule has 2 aromatic carbocycles. The third-order valence-corrected chi connectivity index (χ3v) is 11.2. The van der Waals surface area contributed by atoms with Crippen LogP contribution < -0.4 is 19.9 Å². The summed E-state index contributed by atoms with van der Waals surface area (Å²) >= 11 is 6.57. The van der Waals surface area contributed by atoms with Crippen molar-refractivity contribution in [2.45, 2.75) is 51.5 Å². The van der Waals surface area contributed by atoms with Gasteiger partial charge in [0, 0.05) is 82.3 Å². The van der Waals surface area contributed by atoms with Crippen molar-refractivity contribution in [3.8, 4) is 22.9 Å². The first-order chi connectivity index (χ1) is 26.0. The Morgan fingerprint density at radius 3 is 2.50 bits per heavy atom. The lowest BCUT2D eigenvalue weighted by atomic mass is 9.89. The number of aromatic amines is 1. The number of anilines is 2. The summed E-state index contributed by atoms with van der Waals surface area (Å²) in [5.41, 5.74) is 4.19. The van der Waals surface area contributed by atoms with Crippen LogP contribution in [0.4, 0.5) is 20.2 Å². The van der Waals surface area contributed by atoms with E-state index in [1.807, 2.05) is 37.2 Å². The van der Waals surface area contributed by atoms with Crippen molar-refractivity contribution in [2.24, 2.45) is 13.0 Å². The Morgan fingerprint density at radius 2 is 1.80 bits per heavy atom. The van der Waals surface area contributed by atoms with Crippen LogP contribution >= 0.6 is 11.6 Å². The first-order valence-corrected chi connectivity index (χ1v) is 18.8. The van der Waals surface area contributed by atoms with E-state index in [1.165, 1.54) is 6.07 Å². The van der Waals surface area contributed by atoms with Gasteiger partial charge in [-0.1, -0.05) is 11.6 Å². The standard InChI is InChI=1S/C39H42ClF2N9O3/c1-22-19-49(20-24-10-12-50(13-11-24)33-17-31(41)28(16-32(33)42)27-8-9-34(52)44-39(27)53)14-15-51(22)25-4-6-26(7-5-25)54-36-30(40)18-43-38-35(36)45-37(46-38)29-21-48(3)47-23(29)2/h4-7,16-18,21-22,24,27H,8-15,19-20H2,1-3H3,(H,43,45,46)(H,44,52,53)/t22-,27-/m1/s1. The van der Waals surface area contributed by atoms with E-state index >= 15 is 8.78 Å². The molecule has 6 heterocycles. The summed E-state index contributed by atoms with van der Waals surface area (Å²) in [5, 5.41) is 7.02. The molecule has 2 N–H and O–H groups in total. The Bertz CT molecular complexity index is 2220. The minimum Gasteiger partial charge on any atom is -0.453 e. The third kappa shape index (κ3) is 7.12. The summed E-state index contributed by atoms with van der Waals surface area (Å²) in [5.74, 6) is -0.775. The zero-order chi connectivity index (χ0) is 37.7. The number of nitrogens with one attached hydrogen (secondary N) is 2. The molecule has 12 nitrogen and oxygen atoms in total. The van der Waals surface area contributed by atoms with Gasteiger partial charge in [-0.05, 0) is 69.4 Å². The van der Waals surface area contributed by atoms with Crippen LogP contribution in [0.5, 0.6) is 11.5 Å². The summed E-state index contributed by atoms with van der Waals surface area (Å²) in [4.78, 5) is 43.0. The minimum atomic E-state index is -0.864. The van der Waals surface area contributed by atoms with E-state index in [4.69, 9.17) is 16.3 Å². The van der Waals surface area contributed by atoms with Crippen LogP contribution in [-0.4, -0.2) is 86.8 Å². The predicted octanol–water partition coefficient (Wildman–Crippen LogP) is 6.34. The number of aryl methyl sites for hydroxylation is 2. The highest BCUT2D eigenvalue weighted by molar-refractivity contribution is 6.32. The van der Waals surface area contributed by atoms with Crippen LogP contribution in [0.3, 0.4) is 0 Å². The van der Waals surface area contributed by atoms with Gasteiger partial charge in [0.25, 0.3) is 0 Å². The number of hydrogen-bond donors (Lipinski definition) is 2. The molecule has 0 radical (unpaired) electrons. The van der Waals surface area contributed by atoms with Gasteiger partial charge < -0.3 is 19.5 Å². The van der Waals surface area contributed by atoms with E-state index in [0.717, 1.165) is 62.0 Å². The van der Waals surface area contributed by atoms with Crippen LogP contribution in [-0.2, 0) is 16.6 Å². The minimum absolute atomic E-state index is 0.00521. The number of H-pyrrole nitrogens is 1. The molecule has 2 atom stereocenters. The van der Waals surface area contributed by atoms with Gasteiger partial charge in [-0.25, -0.2) is 18.7 Å². The number of carbonyl (C=O) groups excluding carboxylic acids is 2. The number of hydrogen-bond acceptors (Lipinski definition) is 9. The average molecular weight is 758 g/mol. The van der Waals surface area contributed by atoms with Crippen LogP contribution in [0.1, 0.15) is 49.8 Å². The van der Waals surface area contributed by atoms with E-state index in [-0.39, 0.29) is 30.0 Å². The Morgan fingerprint density at radius 1 is 1.02 bits per heavy atom. The molecular formula is C39H42ClF2N9O3. The molecule has 282 valence electrons. The summed E-state index contributed by atoms with van der Waals surface area (Å²) < 4.78 is 38.5. The van der Waals surface area contributed by atoms with E-state index in [0.29, 0.717) is 58.6 Å². The van der Waals surface area contributed by atoms with Crippen molar-refractivity contribution in [3.63, 3.8) is 0 Å². The molecule has 3 fully saturated rings. The number of pyridine rings is 1. The Kier molecular flexibility index (Phi) is 9.73. The summed E-state index contributed by atoms with van der Waals surface area (Å²) in [6.45, 7) is 9.11. The molecule has 8 rings (SSSR count). The highest BCUT2D eigenvalue weighted by Gasteiger charge is 2.33. The number of nitrogens with zero attached hydrogens (tertiary/aromatic N) is 7. The fraction of sp³-hybridized carbons (Fsp3) is 0.410. The Labute approximate surface area is 316 Å². The van der Waals surface area contributed by atoms with Crippen molar-refractivity contribution >= 4 is 46.0 Å². The summed E-state index contributed by atoms with van der Waals surface area (Å²) in [6.07, 6.45) is 5.49. The second kappa shape index (κ2) is 14.6. The van der Waals surface area contributed by atoms with Crippen molar-refractivity contribution < 1.29 is 23.1 Å². The fourth-order valence-electron chi connectivity index (χ4n) is 8.15. The third-order valence-electron chi connectivity index (χ3n) is 10.9. The zero-order valence-electron chi connectivity index (χ0n) is 30.4. The number of ether oxygens (including phenoxy) is 1. The number of fused-ring (bicyclic) bond motifs is 1. The van der Waals surface area contributed by atoms with Crippen LogP contribution in [0, 0.1) is 24.5 Å². The highest BCUT2D eigenvalue weighted by Crippen LogP contribution is 2.38. The van der Waals surface area contributed by atoms with E-state index in [1.54, 1.807) is 10.9 Å². The van der Waals surface area contributed by atoms with Gasteiger partial charge in [-0.2, -0.15) is 5.10 Å². The second-order valence-corrected chi connectivity index (χ2v) is 15.1. The molecule has 0 unspecified atom stereocenters. The van der Waals surface area contributed by atoms with Gasteiger partial charge in [0.05, 0.1) is 29.1 Å². The van der Waals surface area contributed by atoms with Crippen molar-refractivity contribution in [1.29, 1.82) is 0 Å². The molecule has 3 aliphatic rings. The van der Waals surface area contributed by atoms with Crippen molar-refractivity contribution in [2.75, 3.05) is 49.1 Å². The molecule has 5 aromatic rings. The van der Waals surface area contributed by atoms with Gasteiger partial charge in [-0.3, -0.25) is 24.5 Å². The van der Waals surface area contributed by atoms with Gasteiger partial charge in [0.1, 0.15) is 33.7 Å². The number of aromatic nitrogens is 5. The van der Waals surface area contributed by atoms with Crippen LogP contribution in [0.15, 0.2) is 48.8 Å². The smallest absolute Gasteiger partial charge is 0.234 e. The number of piperidine rings is 2. The number of imide groups is 1. The van der Waals surface area contributed by atoms with E-state index in [9.17, 15) is 9.59 Å². The number of carbonyl (C=O) groups is 2.